The Kier molecular flexibility index (Phi) is 3.84. The summed E-state index contributed by atoms with van der Waals surface area (Å²) in [5.74, 6) is 0.252. The summed E-state index contributed by atoms with van der Waals surface area (Å²) in [5, 5.41) is 0. The Labute approximate surface area is 93.3 Å². The predicted molar refractivity (Wildman–Crippen MR) is 54.7 cm³/mol. The van der Waals surface area contributed by atoms with Gasteiger partial charge in [0.05, 0.1) is 23.2 Å². The summed E-state index contributed by atoms with van der Waals surface area (Å²) < 4.78 is 41.0. The molecule has 0 heterocycles. The van der Waals surface area contributed by atoms with Gasteiger partial charge in [-0.1, -0.05) is 6.07 Å². The van der Waals surface area contributed by atoms with Gasteiger partial charge < -0.3 is 10.5 Å². The molecule has 6 heteroatoms. The molecule has 2 N–H and O–H groups in total. The van der Waals surface area contributed by atoms with Crippen LogP contribution < -0.4 is 10.5 Å². The van der Waals surface area contributed by atoms with Crippen molar-refractivity contribution >= 4 is 21.6 Å². The molecule has 84 valence electrons. The van der Waals surface area contributed by atoms with Gasteiger partial charge in [0, 0.05) is 0 Å². The van der Waals surface area contributed by atoms with Gasteiger partial charge in [0.15, 0.2) is 5.75 Å². The maximum atomic E-state index is 11.8. The standard InChI is InChI=1S/C9H9BrF3NO/c10-6-2-1-3-7(14)8(6)15-5-4-9(11,12)13/h1-3H,4-5,14H2. The molecule has 1 rings (SSSR count). The lowest BCUT2D eigenvalue weighted by molar-refractivity contribution is -0.139. The molecule has 1 aromatic carbocycles. The third kappa shape index (κ3) is 3.99. The minimum atomic E-state index is -4.21. The molecule has 1 aromatic rings. The van der Waals surface area contributed by atoms with Gasteiger partial charge in [-0.15, -0.1) is 0 Å². The van der Waals surface area contributed by atoms with Crippen LogP contribution in [0.4, 0.5) is 18.9 Å². The van der Waals surface area contributed by atoms with Crippen molar-refractivity contribution in [3.63, 3.8) is 0 Å². The molecule has 0 unspecified atom stereocenters. The summed E-state index contributed by atoms with van der Waals surface area (Å²) >= 11 is 3.14. The molecule has 0 radical (unpaired) electrons. The second-order valence-electron chi connectivity index (χ2n) is 2.87. The van der Waals surface area contributed by atoms with Gasteiger partial charge in [-0.3, -0.25) is 0 Å². The number of rotatable bonds is 3. The maximum Gasteiger partial charge on any atom is 0.392 e. The number of anilines is 1. The molecule has 0 saturated carbocycles. The van der Waals surface area contributed by atoms with Crippen LogP contribution in [-0.2, 0) is 0 Å². The zero-order chi connectivity index (χ0) is 11.5. The van der Waals surface area contributed by atoms with Crippen LogP contribution in [0.1, 0.15) is 6.42 Å². The molecule has 0 aliphatic heterocycles. The molecule has 0 atom stereocenters. The van der Waals surface area contributed by atoms with E-state index in [4.69, 9.17) is 10.5 Å². The second-order valence-corrected chi connectivity index (χ2v) is 3.73. The first-order valence-electron chi connectivity index (χ1n) is 4.13. The summed E-state index contributed by atoms with van der Waals surface area (Å²) in [5.41, 5.74) is 5.85. The SMILES string of the molecule is Nc1cccc(Br)c1OCCC(F)(F)F. The molecular weight excluding hydrogens is 275 g/mol. The maximum absolute atomic E-state index is 11.8. The highest BCUT2D eigenvalue weighted by molar-refractivity contribution is 9.10. The first kappa shape index (κ1) is 12.2. The van der Waals surface area contributed by atoms with Crippen LogP contribution in [-0.4, -0.2) is 12.8 Å². The van der Waals surface area contributed by atoms with Gasteiger partial charge >= 0.3 is 6.18 Å². The molecule has 0 saturated heterocycles. The van der Waals surface area contributed by atoms with E-state index in [1.165, 1.54) is 0 Å². The lowest BCUT2D eigenvalue weighted by Gasteiger charge is -2.11. The number of halogens is 4. The van der Waals surface area contributed by atoms with E-state index in [0.29, 0.717) is 10.2 Å². The number of benzene rings is 1. The third-order valence-corrected chi connectivity index (χ3v) is 2.25. The van der Waals surface area contributed by atoms with Crippen molar-refractivity contribution < 1.29 is 17.9 Å². The monoisotopic (exact) mass is 283 g/mol. The molecule has 0 aliphatic rings. The quantitative estimate of drug-likeness (QED) is 0.864. The molecule has 2 nitrogen and oxygen atoms in total. The Morgan fingerprint density at radius 1 is 1.33 bits per heavy atom. The van der Waals surface area contributed by atoms with E-state index in [9.17, 15) is 13.2 Å². The lowest BCUT2D eigenvalue weighted by atomic mass is 10.3. The normalized spacial score (nSPS) is 11.5. The first-order valence-corrected chi connectivity index (χ1v) is 4.93. The van der Waals surface area contributed by atoms with E-state index in [2.05, 4.69) is 15.9 Å². The Morgan fingerprint density at radius 3 is 2.53 bits per heavy atom. The minimum absolute atomic E-state index is 0.252. The molecule has 0 fully saturated rings. The van der Waals surface area contributed by atoms with Crippen molar-refractivity contribution in [2.45, 2.75) is 12.6 Å². The number of alkyl halides is 3. The van der Waals surface area contributed by atoms with E-state index >= 15 is 0 Å². The van der Waals surface area contributed by atoms with Gasteiger partial charge in [0.2, 0.25) is 0 Å². The molecule has 0 bridgehead atoms. The molecule has 0 aromatic heterocycles. The van der Waals surface area contributed by atoms with Gasteiger partial charge in [-0.2, -0.15) is 13.2 Å². The largest absolute Gasteiger partial charge is 0.490 e. The fourth-order valence-corrected chi connectivity index (χ4v) is 1.44. The van der Waals surface area contributed by atoms with Crippen LogP contribution in [0, 0.1) is 0 Å². The molecule has 15 heavy (non-hydrogen) atoms. The van der Waals surface area contributed by atoms with Crippen LogP contribution >= 0.6 is 15.9 Å². The highest BCUT2D eigenvalue weighted by Crippen LogP contribution is 2.31. The molecule has 0 aliphatic carbocycles. The summed E-state index contributed by atoms with van der Waals surface area (Å²) in [6.45, 7) is -0.434. The van der Waals surface area contributed by atoms with Crippen LogP contribution in [0.5, 0.6) is 5.75 Å². The van der Waals surface area contributed by atoms with Crippen molar-refractivity contribution in [2.24, 2.45) is 0 Å². The first-order chi connectivity index (χ1) is 6.90. The number of hydrogen-bond donors (Lipinski definition) is 1. The van der Waals surface area contributed by atoms with E-state index in [-0.39, 0.29) is 5.75 Å². The molecule has 0 spiro atoms. The Morgan fingerprint density at radius 2 is 2.00 bits per heavy atom. The highest BCUT2D eigenvalue weighted by Gasteiger charge is 2.27. The van der Waals surface area contributed by atoms with Crippen molar-refractivity contribution in [3.05, 3.63) is 22.7 Å². The second kappa shape index (κ2) is 4.74. The smallest absolute Gasteiger partial charge is 0.392 e. The average Bonchev–Trinajstić information content (AvgIpc) is 2.08. The lowest BCUT2D eigenvalue weighted by Crippen LogP contribution is -2.13. The van der Waals surface area contributed by atoms with Crippen LogP contribution in [0.2, 0.25) is 0 Å². The van der Waals surface area contributed by atoms with Gasteiger partial charge in [0.1, 0.15) is 0 Å². The van der Waals surface area contributed by atoms with Gasteiger partial charge in [-0.25, -0.2) is 0 Å². The predicted octanol–water partition coefficient (Wildman–Crippen LogP) is 3.36. The number of hydrogen-bond acceptors (Lipinski definition) is 2. The number of ether oxygens (including phenoxy) is 1. The number of nitrogen functional groups attached to an aromatic ring is 1. The van der Waals surface area contributed by atoms with Gasteiger partial charge in [-0.05, 0) is 28.1 Å². The summed E-state index contributed by atoms with van der Waals surface area (Å²) in [4.78, 5) is 0. The third-order valence-electron chi connectivity index (χ3n) is 1.63. The minimum Gasteiger partial charge on any atom is -0.490 e. The van der Waals surface area contributed by atoms with Crippen molar-refractivity contribution in [1.82, 2.24) is 0 Å². The molecule has 0 amide bonds. The zero-order valence-corrected chi connectivity index (χ0v) is 9.23. The fourth-order valence-electron chi connectivity index (χ4n) is 0.947. The summed E-state index contributed by atoms with van der Waals surface area (Å²) in [6.07, 6.45) is -5.20. The fraction of sp³-hybridized carbons (Fsp3) is 0.333. The zero-order valence-electron chi connectivity index (χ0n) is 7.64. The van der Waals surface area contributed by atoms with E-state index in [0.717, 1.165) is 0 Å². The number of para-hydroxylation sites is 1. The van der Waals surface area contributed by atoms with Crippen LogP contribution in [0.3, 0.4) is 0 Å². The van der Waals surface area contributed by atoms with Gasteiger partial charge in [0.25, 0.3) is 0 Å². The van der Waals surface area contributed by atoms with Crippen LogP contribution in [0.25, 0.3) is 0 Å². The van der Waals surface area contributed by atoms with Crippen LogP contribution in [0.15, 0.2) is 22.7 Å². The number of nitrogens with two attached hydrogens (primary N) is 1. The Balaban J connectivity index is 2.58. The van der Waals surface area contributed by atoms with E-state index in [1.54, 1.807) is 18.2 Å². The Hall–Kier alpha value is -0.910. The summed E-state index contributed by atoms with van der Waals surface area (Å²) in [7, 11) is 0. The van der Waals surface area contributed by atoms with Crippen molar-refractivity contribution in [1.29, 1.82) is 0 Å². The van der Waals surface area contributed by atoms with E-state index in [1.807, 2.05) is 0 Å². The molecular formula is C9H9BrF3NO. The average molecular weight is 284 g/mol. The van der Waals surface area contributed by atoms with Crippen molar-refractivity contribution in [3.8, 4) is 5.75 Å². The Bertz CT molecular complexity index is 320. The summed E-state index contributed by atoms with van der Waals surface area (Å²) in [6, 6.07) is 4.89. The van der Waals surface area contributed by atoms with E-state index < -0.39 is 19.2 Å². The van der Waals surface area contributed by atoms with Crippen molar-refractivity contribution in [2.75, 3.05) is 12.3 Å². The highest BCUT2D eigenvalue weighted by atomic mass is 79.9. The topological polar surface area (TPSA) is 35.2 Å².